The Hall–Kier alpha value is -0.930. The highest BCUT2D eigenvalue weighted by Gasteiger charge is 2.38. The molecule has 4 heteroatoms. The molecule has 94 valence electrons. The van der Waals surface area contributed by atoms with E-state index in [0.717, 1.165) is 34.1 Å². The molecule has 2 nitrogen and oxygen atoms in total. The SMILES string of the molecule is S=C1NC2(CCCCC2)N=C1c1ccc(Cl)cc1. The lowest BCUT2D eigenvalue weighted by atomic mass is 9.90. The number of aliphatic imine (C=N–C) groups is 1. The van der Waals surface area contributed by atoms with E-state index >= 15 is 0 Å². The van der Waals surface area contributed by atoms with Crippen LogP contribution in [-0.4, -0.2) is 16.4 Å². The van der Waals surface area contributed by atoms with Crippen LogP contribution in [0.1, 0.15) is 37.7 Å². The van der Waals surface area contributed by atoms with Gasteiger partial charge in [0.05, 0.1) is 0 Å². The molecule has 1 aliphatic carbocycles. The smallest absolute Gasteiger partial charge is 0.131 e. The van der Waals surface area contributed by atoms with Crippen LogP contribution in [0, 0.1) is 0 Å². The van der Waals surface area contributed by atoms with Crippen molar-refractivity contribution in [3.63, 3.8) is 0 Å². The van der Waals surface area contributed by atoms with Crippen molar-refractivity contribution in [3.05, 3.63) is 34.9 Å². The number of hydrogen-bond acceptors (Lipinski definition) is 2. The Morgan fingerprint density at radius 3 is 2.44 bits per heavy atom. The maximum absolute atomic E-state index is 5.91. The molecule has 0 atom stereocenters. The second-order valence-electron chi connectivity index (χ2n) is 5.01. The van der Waals surface area contributed by atoms with Gasteiger partial charge in [-0.2, -0.15) is 0 Å². The molecule has 0 amide bonds. The van der Waals surface area contributed by atoms with Gasteiger partial charge in [0.25, 0.3) is 0 Å². The van der Waals surface area contributed by atoms with Gasteiger partial charge in [-0.1, -0.05) is 42.4 Å². The van der Waals surface area contributed by atoms with Gasteiger partial charge < -0.3 is 5.32 Å². The Bertz CT molecular complexity index is 501. The van der Waals surface area contributed by atoms with Crippen molar-refractivity contribution in [3.8, 4) is 0 Å². The third-order valence-electron chi connectivity index (χ3n) is 3.69. The van der Waals surface area contributed by atoms with Crippen LogP contribution >= 0.6 is 23.8 Å². The first-order valence-corrected chi connectivity index (χ1v) is 7.16. The number of thiocarbonyl (C=S) groups is 1. The molecule has 0 bridgehead atoms. The Morgan fingerprint density at radius 2 is 1.78 bits per heavy atom. The minimum Gasteiger partial charge on any atom is -0.351 e. The van der Waals surface area contributed by atoms with Crippen molar-refractivity contribution in [2.75, 3.05) is 0 Å². The Balaban J connectivity index is 1.93. The van der Waals surface area contributed by atoms with Gasteiger partial charge in [-0.25, -0.2) is 0 Å². The third kappa shape index (κ3) is 2.17. The number of rotatable bonds is 1. The number of halogens is 1. The number of nitrogens with one attached hydrogen (secondary N) is 1. The van der Waals surface area contributed by atoms with Gasteiger partial charge >= 0.3 is 0 Å². The first-order valence-electron chi connectivity index (χ1n) is 6.37. The zero-order valence-corrected chi connectivity index (χ0v) is 11.7. The molecule has 1 saturated carbocycles. The number of benzene rings is 1. The normalized spacial score (nSPS) is 21.8. The largest absolute Gasteiger partial charge is 0.351 e. The van der Waals surface area contributed by atoms with Crippen LogP contribution in [0.3, 0.4) is 0 Å². The second kappa shape index (κ2) is 4.63. The minimum absolute atomic E-state index is 0.121. The first-order chi connectivity index (χ1) is 8.69. The lowest BCUT2D eigenvalue weighted by molar-refractivity contribution is 0.286. The van der Waals surface area contributed by atoms with Crippen molar-refractivity contribution >= 4 is 34.5 Å². The molecule has 0 unspecified atom stereocenters. The summed E-state index contributed by atoms with van der Waals surface area (Å²) in [6.07, 6.45) is 5.94. The summed E-state index contributed by atoms with van der Waals surface area (Å²) in [7, 11) is 0. The zero-order valence-electron chi connectivity index (χ0n) is 10.1. The molecule has 1 spiro atoms. The van der Waals surface area contributed by atoms with E-state index in [0.29, 0.717) is 0 Å². The van der Waals surface area contributed by atoms with Crippen LogP contribution in [-0.2, 0) is 0 Å². The van der Waals surface area contributed by atoms with E-state index in [-0.39, 0.29) is 5.66 Å². The molecular formula is C14H15ClN2S. The summed E-state index contributed by atoms with van der Waals surface area (Å²) in [5, 5.41) is 4.17. The summed E-state index contributed by atoms with van der Waals surface area (Å²) in [5.41, 5.74) is 1.85. The fourth-order valence-electron chi connectivity index (χ4n) is 2.74. The van der Waals surface area contributed by atoms with Gasteiger partial charge in [-0.05, 0) is 37.8 Å². The summed E-state index contributed by atoms with van der Waals surface area (Å²) >= 11 is 11.3. The third-order valence-corrected chi connectivity index (χ3v) is 4.23. The van der Waals surface area contributed by atoms with Crippen LogP contribution in [0.15, 0.2) is 29.3 Å². The Morgan fingerprint density at radius 1 is 1.11 bits per heavy atom. The molecule has 18 heavy (non-hydrogen) atoms. The van der Waals surface area contributed by atoms with Crippen LogP contribution in [0.2, 0.25) is 5.02 Å². The van der Waals surface area contributed by atoms with Gasteiger partial charge in [-0.3, -0.25) is 4.99 Å². The molecule has 0 saturated heterocycles. The molecule has 1 N–H and O–H groups in total. The second-order valence-corrected chi connectivity index (χ2v) is 5.86. The summed E-state index contributed by atoms with van der Waals surface area (Å²) in [6, 6.07) is 7.73. The van der Waals surface area contributed by atoms with Crippen molar-refractivity contribution in [1.29, 1.82) is 0 Å². The zero-order chi connectivity index (χ0) is 12.6. The van der Waals surface area contributed by atoms with Gasteiger partial charge in [0.15, 0.2) is 0 Å². The molecule has 0 radical (unpaired) electrons. The maximum atomic E-state index is 5.91. The molecule has 1 aliphatic heterocycles. The Labute approximate surface area is 117 Å². The maximum Gasteiger partial charge on any atom is 0.131 e. The van der Waals surface area contributed by atoms with Crippen molar-refractivity contribution < 1.29 is 0 Å². The van der Waals surface area contributed by atoms with Crippen LogP contribution in [0.4, 0.5) is 0 Å². The highest BCUT2D eigenvalue weighted by atomic mass is 35.5. The topological polar surface area (TPSA) is 24.4 Å². The number of nitrogens with zero attached hydrogens (tertiary/aromatic N) is 1. The number of hydrogen-bond donors (Lipinski definition) is 1. The average Bonchev–Trinajstić information content (AvgIpc) is 2.68. The monoisotopic (exact) mass is 278 g/mol. The summed E-state index contributed by atoms with van der Waals surface area (Å²) < 4.78 is 0. The fraction of sp³-hybridized carbons (Fsp3) is 0.429. The van der Waals surface area contributed by atoms with E-state index < -0.39 is 0 Å². The molecular weight excluding hydrogens is 264 g/mol. The lowest BCUT2D eigenvalue weighted by Gasteiger charge is -2.30. The molecule has 1 aromatic carbocycles. The highest BCUT2D eigenvalue weighted by molar-refractivity contribution is 7.82. The molecule has 0 aromatic heterocycles. The predicted octanol–water partition coefficient (Wildman–Crippen LogP) is 3.72. The van der Waals surface area contributed by atoms with Crippen LogP contribution < -0.4 is 5.32 Å². The average molecular weight is 279 g/mol. The van der Waals surface area contributed by atoms with E-state index in [4.69, 9.17) is 28.8 Å². The van der Waals surface area contributed by atoms with Crippen molar-refractivity contribution in [1.82, 2.24) is 5.32 Å². The highest BCUT2D eigenvalue weighted by Crippen LogP contribution is 2.33. The molecule has 1 fully saturated rings. The first kappa shape index (κ1) is 12.1. The van der Waals surface area contributed by atoms with Crippen LogP contribution in [0.5, 0.6) is 0 Å². The van der Waals surface area contributed by atoms with E-state index in [1.54, 1.807) is 0 Å². The minimum atomic E-state index is -0.121. The predicted molar refractivity (Wildman–Crippen MR) is 79.5 cm³/mol. The van der Waals surface area contributed by atoms with E-state index in [1.807, 2.05) is 24.3 Å². The summed E-state index contributed by atoms with van der Waals surface area (Å²) in [6.45, 7) is 0. The molecule has 1 heterocycles. The van der Waals surface area contributed by atoms with Gasteiger partial charge in [-0.15, -0.1) is 0 Å². The summed E-state index contributed by atoms with van der Waals surface area (Å²) in [4.78, 5) is 5.66. The summed E-state index contributed by atoms with van der Waals surface area (Å²) in [5.74, 6) is 0. The van der Waals surface area contributed by atoms with E-state index in [9.17, 15) is 0 Å². The molecule has 1 aromatic rings. The van der Waals surface area contributed by atoms with Gasteiger partial charge in [0.1, 0.15) is 16.4 Å². The Kier molecular flexibility index (Phi) is 3.12. The van der Waals surface area contributed by atoms with E-state index in [2.05, 4.69) is 5.32 Å². The van der Waals surface area contributed by atoms with Gasteiger partial charge in [0.2, 0.25) is 0 Å². The van der Waals surface area contributed by atoms with Crippen LogP contribution in [0.25, 0.3) is 0 Å². The fourth-order valence-corrected chi connectivity index (χ4v) is 3.22. The van der Waals surface area contributed by atoms with Gasteiger partial charge in [0, 0.05) is 10.6 Å². The van der Waals surface area contributed by atoms with Crippen molar-refractivity contribution in [2.45, 2.75) is 37.8 Å². The lowest BCUT2D eigenvalue weighted by Crippen LogP contribution is -2.43. The van der Waals surface area contributed by atoms with E-state index in [1.165, 1.54) is 19.3 Å². The van der Waals surface area contributed by atoms with Crippen molar-refractivity contribution in [2.24, 2.45) is 4.99 Å². The molecule has 3 rings (SSSR count). The standard InChI is InChI=1S/C14H15ClN2S/c15-11-6-4-10(5-7-11)12-13(18)17-14(16-12)8-2-1-3-9-14/h4-7H,1-3,8-9H2,(H,17,18). The molecule has 2 aliphatic rings. The quantitative estimate of drug-likeness (QED) is 0.792.